The molecule has 0 atom stereocenters. The van der Waals surface area contributed by atoms with Gasteiger partial charge in [-0.2, -0.15) is 4.98 Å². The van der Waals surface area contributed by atoms with Crippen molar-refractivity contribution in [2.45, 2.75) is 6.92 Å². The summed E-state index contributed by atoms with van der Waals surface area (Å²) < 4.78 is 4.93. The number of aromatic nitrogens is 2. The molecule has 0 aliphatic carbocycles. The molecule has 16 heavy (non-hydrogen) atoms. The summed E-state index contributed by atoms with van der Waals surface area (Å²) in [6, 6.07) is 0.316. The highest BCUT2D eigenvalue weighted by Gasteiger charge is 2.05. The van der Waals surface area contributed by atoms with Crippen LogP contribution in [0.25, 0.3) is 0 Å². The van der Waals surface area contributed by atoms with Crippen molar-refractivity contribution >= 4 is 17.4 Å². The first-order valence-corrected chi connectivity index (χ1v) is 5.54. The fourth-order valence-electron chi connectivity index (χ4n) is 1.10. The number of hydrogen-bond acceptors (Lipinski definition) is 5. The second-order valence-corrected chi connectivity index (χ2v) is 3.78. The van der Waals surface area contributed by atoms with Crippen molar-refractivity contribution in [2.24, 2.45) is 0 Å². The van der Waals surface area contributed by atoms with E-state index in [4.69, 9.17) is 16.3 Å². The minimum absolute atomic E-state index is 0.316. The molecule has 6 heteroatoms. The number of ether oxygens (including phenoxy) is 1. The maximum atomic E-state index is 5.95. The van der Waals surface area contributed by atoms with Gasteiger partial charge in [0.2, 0.25) is 0 Å². The average Bonchev–Trinajstić information content (AvgIpc) is 2.31. The lowest BCUT2D eigenvalue weighted by molar-refractivity contribution is 0.366. The van der Waals surface area contributed by atoms with E-state index in [1.807, 2.05) is 0 Å². The van der Waals surface area contributed by atoms with Gasteiger partial charge in [-0.25, -0.2) is 4.98 Å². The molecule has 0 radical (unpaired) electrons. The van der Waals surface area contributed by atoms with E-state index in [0.29, 0.717) is 16.9 Å². The monoisotopic (exact) mass is 244 g/mol. The maximum absolute atomic E-state index is 5.95. The molecule has 0 aromatic carbocycles. The van der Waals surface area contributed by atoms with Crippen LogP contribution in [0, 0.1) is 0 Å². The van der Waals surface area contributed by atoms with E-state index in [2.05, 4.69) is 34.2 Å². The lowest BCUT2D eigenvalue weighted by Crippen LogP contribution is -2.25. The van der Waals surface area contributed by atoms with Crippen LogP contribution in [0.15, 0.2) is 6.20 Å². The molecule has 0 unspecified atom stereocenters. The first kappa shape index (κ1) is 13.0. The zero-order valence-electron chi connectivity index (χ0n) is 9.83. The van der Waals surface area contributed by atoms with Crippen molar-refractivity contribution in [3.8, 4) is 6.01 Å². The number of likely N-dealkylation sites (N-methyl/N-ethyl adjacent to an activating group) is 1. The normalized spacial score (nSPS) is 10.6. The Morgan fingerprint density at radius 2 is 2.31 bits per heavy atom. The predicted molar refractivity (Wildman–Crippen MR) is 65.3 cm³/mol. The molecule has 0 bridgehead atoms. The smallest absolute Gasteiger partial charge is 0.318 e. The Hall–Kier alpha value is -1.07. The van der Waals surface area contributed by atoms with Gasteiger partial charge in [0.05, 0.1) is 13.3 Å². The first-order valence-electron chi connectivity index (χ1n) is 5.16. The third kappa shape index (κ3) is 3.83. The molecule has 0 fully saturated rings. The van der Waals surface area contributed by atoms with Gasteiger partial charge in [-0.1, -0.05) is 18.5 Å². The lowest BCUT2D eigenvalue weighted by Gasteiger charge is -2.14. The number of hydrogen-bond donors (Lipinski definition) is 1. The van der Waals surface area contributed by atoms with E-state index in [1.165, 1.54) is 13.3 Å². The van der Waals surface area contributed by atoms with Crippen molar-refractivity contribution in [1.29, 1.82) is 0 Å². The van der Waals surface area contributed by atoms with Gasteiger partial charge >= 0.3 is 6.01 Å². The molecule has 0 amide bonds. The number of nitrogens with zero attached hydrogens (tertiary/aromatic N) is 3. The quantitative estimate of drug-likeness (QED) is 0.822. The molecular formula is C10H17ClN4O. The van der Waals surface area contributed by atoms with Crippen molar-refractivity contribution in [3.05, 3.63) is 11.2 Å². The minimum Gasteiger partial charge on any atom is -0.467 e. The molecule has 0 aliphatic heterocycles. The number of rotatable bonds is 6. The summed E-state index contributed by atoms with van der Waals surface area (Å²) in [5.41, 5.74) is 0. The number of halogens is 1. The van der Waals surface area contributed by atoms with Gasteiger partial charge in [0, 0.05) is 13.1 Å². The Kier molecular flexibility index (Phi) is 5.28. The number of anilines is 1. The van der Waals surface area contributed by atoms with E-state index in [0.717, 1.165) is 19.6 Å². The summed E-state index contributed by atoms with van der Waals surface area (Å²) in [6.07, 6.45) is 1.53. The van der Waals surface area contributed by atoms with Gasteiger partial charge < -0.3 is 15.0 Å². The largest absolute Gasteiger partial charge is 0.467 e. The third-order valence-electron chi connectivity index (χ3n) is 2.23. The molecule has 90 valence electrons. The van der Waals surface area contributed by atoms with Gasteiger partial charge in [0.15, 0.2) is 5.82 Å². The van der Waals surface area contributed by atoms with Gasteiger partial charge in [-0.05, 0) is 13.6 Å². The SMILES string of the molecule is CCN(C)CCNc1nc(OC)ncc1Cl. The first-order chi connectivity index (χ1) is 7.67. The predicted octanol–water partition coefficient (Wildman–Crippen LogP) is 1.50. The van der Waals surface area contributed by atoms with Crippen molar-refractivity contribution in [3.63, 3.8) is 0 Å². The van der Waals surface area contributed by atoms with Crippen LogP contribution >= 0.6 is 11.6 Å². The molecule has 0 spiro atoms. The Morgan fingerprint density at radius 3 is 2.94 bits per heavy atom. The molecule has 5 nitrogen and oxygen atoms in total. The van der Waals surface area contributed by atoms with Crippen molar-refractivity contribution < 1.29 is 4.74 Å². The van der Waals surface area contributed by atoms with Crippen LogP contribution in [-0.2, 0) is 0 Å². The van der Waals surface area contributed by atoms with Crippen LogP contribution in [0.4, 0.5) is 5.82 Å². The number of methoxy groups -OCH3 is 1. The van der Waals surface area contributed by atoms with Gasteiger partial charge in [0.25, 0.3) is 0 Å². The number of nitrogens with one attached hydrogen (secondary N) is 1. The van der Waals surface area contributed by atoms with Gasteiger partial charge in [-0.3, -0.25) is 0 Å². The highest BCUT2D eigenvalue weighted by Crippen LogP contribution is 2.19. The van der Waals surface area contributed by atoms with E-state index in [-0.39, 0.29) is 0 Å². The fourth-order valence-corrected chi connectivity index (χ4v) is 1.25. The zero-order chi connectivity index (χ0) is 12.0. The van der Waals surface area contributed by atoms with Crippen LogP contribution in [0.3, 0.4) is 0 Å². The van der Waals surface area contributed by atoms with Gasteiger partial charge in [-0.15, -0.1) is 0 Å². The maximum Gasteiger partial charge on any atom is 0.318 e. The molecule has 1 aromatic rings. The fraction of sp³-hybridized carbons (Fsp3) is 0.600. The van der Waals surface area contributed by atoms with E-state index >= 15 is 0 Å². The van der Waals surface area contributed by atoms with Gasteiger partial charge in [0.1, 0.15) is 5.02 Å². The molecule has 1 N–H and O–H groups in total. The van der Waals surface area contributed by atoms with E-state index in [9.17, 15) is 0 Å². The van der Waals surface area contributed by atoms with E-state index in [1.54, 1.807) is 0 Å². The average molecular weight is 245 g/mol. The van der Waals surface area contributed by atoms with Crippen molar-refractivity contribution in [2.75, 3.05) is 39.1 Å². The molecule has 0 saturated heterocycles. The molecule has 1 heterocycles. The minimum atomic E-state index is 0.316. The zero-order valence-corrected chi connectivity index (χ0v) is 10.6. The van der Waals surface area contributed by atoms with Crippen LogP contribution < -0.4 is 10.1 Å². The Morgan fingerprint density at radius 1 is 1.56 bits per heavy atom. The molecule has 1 rings (SSSR count). The molecule has 0 saturated carbocycles. The summed E-state index contributed by atoms with van der Waals surface area (Å²) in [5.74, 6) is 0.609. The standard InChI is InChI=1S/C10H17ClN4O/c1-4-15(2)6-5-12-9-8(11)7-13-10(14-9)16-3/h7H,4-6H2,1-3H3,(H,12,13,14). The van der Waals surface area contributed by atoms with Crippen LogP contribution in [0.2, 0.25) is 5.02 Å². The molecule has 1 aromatic heterocycles. The Balaban J connectivity index is 2.52. The Bertz CT molecular complexity index is 335. The van der Waals surface area contributed by atoms with E-state index < -0.39 is 0 Å². The second kappa shape index (κ2) is 6.50. The van der Waals surface area contributed by atoms with Crippen LogP contribution in [0.5, 0.6) is 6.01 Å². The lowest BCUT2D eigenvalue weighted by atomic mass is 10.5. The highest BCUT2D eigenvalue weighted by molar-refractivity contribution is 6.32. The summed E-state index contributed by atoms with van der Waals surface area (Å²) in [5, 5.41) is 3.65. The highest BCUT2D eigenvalue weighted by atomic mass is 35.5. The molecule has 0 aliphatic rings. The summed E-state index contributed by atoms with van der Waals surface area (Å²) in [7, 11) is 3.59. The van der Waals surface area contributed by atoms with Crippen LogP contribution in [0.1, 0.15) is 6.92 Å². The molecular weight excluding hydrogens is 228 g/mol. The second-order valence-electron chi connectivity index (χ2n) is 3.38. The van der Waals surface area contributed by atoms with Crippen LogP contribution in [-0.4, -0.2) is 48.7 Å². The summed E-state index contributed by atoms with van der Waals surface area (Å²) >= 11 is 5.95. The summed E-state index contributed by atoms with van der Waals surface area (Å²) in [4.78, 5) is 10.2. The van der Waals surface area contributed by atoms with Crippen molar-refractivity contribution in [1.82, 2.24) is 14.9 Å². The summed E-state index contributed by atoms with van der Waals surface area (Å²) in [6.45, 7) is 4.84. The third-order valence-corrected chi connectivity index (χ3v) is 2.51. The Labute approximate surface area is 101 Å². The topological polar surface area (TPSA) is 50.3 Å².